The number of hydrogen-bond donors (Lipinski definition) is 0. The second-order valence-electron chi connectivity index (χ2n) is 3.36. The van der Waals surface area contributed by atoms with E-state index in [9.17, 15) is 9.18 Å². The van der Waals surface area contributed by atoms with E-state index in [0.29, 0.717) is 6.42 Å². The molecule has 1 nitrogen and oxygen atoms in total. The third kappa shape index (κ3) is 2.95. The predicted octanol–water partition coefficient (Wildman–Crippen LogP) is 3.18. The van der Waals surface area contributed by atoms with Gasteiger partial charge in [0.1, 0.15) is 0 Å². The van der Waals surface area contributed by atoms with E-state index in [1.165, 1.54) is 0 Å². The van der Waals surface area contributed by atoms with Gasteiger partial charge in [-0.05, 0) is 31.7 Å². The van der Waals surface area contributed by atoms with Gasteiger partial charge in [0.05, 0.1) is 6.67 Å². The van der Waals surface area contributed by atoms with Crippen LogP contribution in [0.5, 0.6) is 0 Å². The van der Waals surface area contributed by atoms with Gasteiger partial charge in [-0.1, -0.05) is 24.3 Å². The fourth-order valence-corrected chi connectivity index (χ4v) is 1.49. The van der Waals surface area contributed by atoms with Gasteiger partial charge in [-0.25, -0.2) is 0 Å². The second-order valence-corrected chi connectivity index (χ2v) is 3.36. The maximum Gasteiger partial charge on any atom is 0.160 e. The van der Waals surface area contributed by atoms with Gasteiger partial charge in [0.2, 0.25) is 0 Å². The summed E-state index contributed by atoms with van der Waals surface area (Å²) in [5.74, 6) is 0.0841. The second kappa shape index (κ2) is 5.53. The first kappa shape index (κ1) is 10.9. The Balaban J connectivity index is 2.69. The van der Waals surface area contributed by atoms with E-state index in [1.807, 2.05) is 24.3 Å². The van der Waals surface area contributed by atoms with Gasteiger partial charge < -0.3 is 0 Å². The minimum atomic E-state index is -0.276. The molecule has 1 aromatic carbocycles. The van der Waals surface area contributed by atoms with Crippen LogP contribution in [0.3, 0.4) is 0 Å². The van der Waals surface area contributed by atoms with Crippen LogP contribution in [-0.2, 0) is 6.42 Å². The summed E-state index contributed by atoms with van der Waals surface area (Å²) in [6.45, 7) is 1.29. The lowest BCUT2D eigenvalue weighted by molar-refractivity contribution is 0.101. The molecule has 0 N–H and O–H groups in total. The summed E-state index contributed by atoms with van der Waals surface area (Å²) in [6.07, 6.45) is 2.17. The van der Waals surface area contributed by atoms with E-state index in [4.69, 9.17) is 0 Å². The van der Waals surface area contributed by atoms with Crippen molar-refractivity contribution in [3.8, 4) is 0 Å². The van der Waals surface area contributed by atoms with Crippen LogP contribution < -0.4 is 0 Å². The average molecular weight is 194 g/mol. The molecule has 0 saturated carbocycles. The number of benzene rings is 1. The van der Waals surface area contributed by atoms with E-state index < -0.39 is 0 Å². The Morgan fingerprint density at radius 1 is 1.29 bits per heavy atom. The monoisotopic (exact) mass is 194 g/mol. The Morgan fingerprint density at radius 2 is 2.00 bits per heavy atom. The van der Waals surface area contributed by atoms with E-state index >= 15 is 0 Å². The molecule has 0 aliphatic heterocycles. The van der Waals surface area contributed by atoms with E-state index in [1.54, 1.807) is 6.92 Å². The van der Waals surface area contributed by atoms with Crippen LogP contribution in [0.15, 0.2) is 24.3 Å². The molecule has 0 unspecified atom stereocenters. The smallest absolute Gasteiger partial charge is 0.160 e. The van der Waals surface area contributed by atoms with Crippen molar-refractivity contribution in [2.24, 2.45) is 0 Å². The van der Waals surface area contributed by atoms with Crippen LogP contribution in [0.25, 0.3) is 0 Å². The van der Waals surface area contributed by atoms with Crippen molar-refractivity contribution in [3.05, 3.63) is 35.4 Å². The van der Waals surface area contributed by atoms with Crippen LogP contribution >= 0.6 is 0 Å². The Morgan fingerprint density at radius 3 is 2.64 bits per heavy atom. The van der Waals surface area contributed by atoms with Gasteiger partial charge in [0.15, 0.2) is 5.78 Å². The number of aryl methyl sites for hydroxylation is 1. The highest BCUT2D eigenvalue weighted by atomic mass is 19.1. The molecule has 0 amide bonds. The number of unbranched alkanes of at least 4 members (excludes halogenated alkanes) is 1. The summed E-state index contributed by atoms with van der Waals surface area (Å²) in [6, 6.07) is 7.54. The van der Waals surface area contributed by atoms with E-state index in [-0.39, 0.29) is 12.5 Å². The summed E-state index contributed by atoms with van der Waals surface area (Å²) in [5, 5.41) is 0. The molecule has 0 fully saturated rings. The molecule has 0 heterocycles. The fourth-order valence-electron chi connectivity index (χ4n) is 1.49. The normalized spacial score (nSPS) is 10.1. The fraction of sp³-hybridized carbons (Fsp3) is 0.417. The molecule has 0 aromatic heterocycles. The third-order valence-corrected chi connectivity index (χ3v) is 2.23. The standard InChI is InChI=1S/C12H15FO/c1-10(14)12-8-3-2-6-11(12)7-4-5-9-13/h2-3,6,8H,4-5,7,9H2,1H3. The minimum absolute atomic E-state index is 0.0841. The number of carbonyl (C=O) groups is 1. The number of Topliss-reactive ketones (excluding diaryl/α,β-unsaturated/α-hetero) is 1. The van der Waals surface area contributed by atoms with Crippen LogP contribution in [0.1, 0.15) is 35.7 Å². The minimum Gasteiger partial charge on any atom is -0.295 e. The summed E-state index contributed by atoms with van der Waals surface area (Å²) in [4.78, 5) is 11.2. The average Bonchev–Trinajstić information content (AvgIpc) is 2.19. The number of ketones is 1. The Bertz CT molecular complexity index is 307. The Labute approximate surface area is 83.9 Å². The molecule has 0 radical (unpaired) electrons. The zero-order valence-electron chi connectivity index (χ0n) is 8.42. The van der Waals surface area contributed by atoms with E-state index in [2.05, 4.69) is 0 Å². The maximum atomic E-state index is 11.9. The van der Waals surface area contributed by atoms with Crippen LogP contribution in [0.2, 0.25) is 0 Å². The number of hydrogen-bond acceptors (Lipinski definition) is 1. The lowest BCUT2D eigenvalue weighted by Gasteiger charge is -2.05. The molecule has 0 aliphatic carbocycles. The number of carbonyl (C=O) groups excluding carboxylic acids is 1. The molecule has 1 rings (SSSR count). The molecule has 0 saturated heterocycles. The van der Waals surface area contributed by atoms with Gasteiger partial charge in [0.25, 0.3) is 0 Å². The first-order chi connectivity index (χ1) is 6.75. The predicted molar refractivity (Wildman–Crippen MR) is 55.4 cm³/mol. The van der Waals surface area contributed by atoms with Crippen molar-refractivity contribution in [1.82, 2.24) is 0 Å². The van der Waals surface area contributed by atoms with Gasteiger partial charge in [-0.15, -0.1) is 0 Å². The molecular formula is C12H15FO. The summed E-state index contributed by atoms with van der Waals surface area (Å²) < 4.78 is 11.9. The number of halogens is 1. The van der Waals surface area contributed by atoms with Crippen molar-refractivity contribution < 1.29 is 9.18 Å². The highest BCUT2D eigenvalue weighted by Gasteiger charge is 2.04. The molecule has 76 valence electrons. The van der Waals surface area contributed by atoms with Gasteiger partial charge >= 0.3 is 0 Å². The van der Waals surface area contributed by atoms with Crippen molar-refractivity contribution >= 4 is 5.78 Å². The van der Waals surface area contributed by atoms with Crippen molar-refractivity contribution in [2.75, 3.05) is 6.67 Å². The van der Waals surface area contributed by atoms with Crippen molar-refractivity contribution in [3.63, 3.8) is 0 Å². The topological polar surface area (TPSA) is 17.1 Å². The zero-order valence-corrected chi connectivity index (χ0v) is 8.42. The molecule has 1 aromatic rings. The molecular weight excluding hydrogens is 179 g/mol. The zero-order chi connectivity index (χ0) is 10.4. The number of rotatable bonds is 5. The first-order valence-electron chi connectivity index (χ1n) is 4.90. The molecule has 0 spiro atoms. The van der Waals surface area contributed by atoms with Crippen molar-refractivity contribution in [2.45, 2.75) is 26.2 Å². The first-order valence-corrected chi connectivity index (χ1v) is 4.90. The van der Waals surface area contributed by atoms with Gasteiger partial charge in [-0.3, -0.25) is 9.18 Å². The molecule has 0 atom stereocenters. The number of alkyl halides is 1. The Kier molecular flexibility index (Phi) is 4.30. The van der Waals surface area contributed by atoms with Gasteiger partial charge in [0, 0.05) is 5.56 Å². The van der Waals surface area contributed by atoms with Crippen LogP contribution in [0.4, 0.5) is 4.39 Å². The largest absolute Gasteiger partial charge is 0.295 e. The highest BCUT2D eigenvalue weighted by molar-refractivity contribution is 5.95. The summed E-state index contributed by atoms with van der Waals surface area (Å²) >= 11 is 0. The SMILES string of the molecule is CC(=O)c1ccccc1CCCCF. The summed E-state index contributed by atoms with van der Waals surface area (Å²) in [5.41, 5.74) is 1.81. The quantitative estimate of drug-likeness (QED) is 0.519. The Hall–Kier alpha value is -1.18. The summed E-state index contributed by atoms with van der Waals surface area (Å²) in [7, 11) is 0. The molecule has 14 heavy (non-hydrogen) atoms. The lowest BCUT2D eigenvalue weighted by Crippen LogP contribution is -1.99. The maximum absolute atomic E-state index is 11.9. The molecule has 2 heteroatoms. The highest BCUT2D eigenvalue weighted by Crippen LogP contribution is 2.12. The lowest BCUT2D eigenvalue weighted by atomic mass is 10.00. The molecule has 0 bridgehead atoms. The van der Waals surface area contributed by atoms with E-state index in [0.717, 1.165) is 24.0 Å². The third-order valence-electron chi connectivity index (χ3n) is 2.23. The van der Waals surface area contributed by atoms with Crippen LogP contribution in [0, 0.1) is 0 Å². The van der Waals surface area contributed by atoms with Crippen LogP contribution in [-0.4, -0.2) is 12.5 Å². The van der Waals surface area contributed by atoms with Crippen molar-refractivity contribution in [1.29, 1.82) is 0 Å². The molecule has 0 aliphatic rings. The van der Waals surface area contributed by atoms with Gasteiger partial charge in [-0.2, -0.15) is 0 Å².